The Morgan fingerprint density at radius 2 is 0.850 bits per heavy atom. The van der Waals surface area contributed by atoms with Gasteiger partial charge in [0.25, 0.3) is 0 Å². The summed E-state index contributed by atoms with van der Waals surface area (Å²) in [5.74, 6) is 0. The molecule has 6 nitrogen and oxygen atoms in total. The van der Waals surface area contributed by atoms with Gasteiger partial charge >= 0.3 is 0 Å². The number of aromatic nitrogens is 4. The molecule has 274 valence electrons. The molecule has 0 fully saturated rings. The van der Waals surface area contributed by atoms with E-state index in [1.165, 1.54) is 0 Å². The van der Waals surface area contributed by atoms with E-state index in [4.69, 9.17) is 16.5 Å². The van der Waals surface area contributed by atoms with Crippen molar-refractivity contribution in [2.45, 2.75) is 0 Å². The number of pyridine rings is 2. The molecule has 0 aliphatic heterocycles. The fourth-order valence-corrected chi connectivity index (χ4v) is 10.3. The molecular weight excluding hydrogens is 733 g/mol. The van der Waals surface area contributed by atoms with E-state index in [2.05, 4.69) is 129 Å². The van der Waals surface area contributed by atoms with Gasteiger partial charge in [0.05, 0.1) is 34.5 Å². The molecule has 13 rings (SSSR count). The van der Waals surface area contributed by atoms with E-state index in [1.807, 2.05) is 60.9 Å². The lowest BCUT2D eigenvalue weighted by atomic mass is 9.88. The Labute approximate surface area is 342 Å². The summed E-state index contributed by atoms with van der Waals surface area (Å²) in [6.07, 6.45) is 3.76. The van der Waals surface area contributed by atoms with Gasteiger partial charge in [-0.1, -0.05) is 133 Å². The smallest absolute Gasteiger partial charge is 0.220 e. The van der Waals surface area contributed by atoms with Crippen molar-refractivity contribution in [3.8, 4) is 39.7 Å². The highest BCUT2D eigenvalue weighted by Gasteiger charge is 2.33. The van der Waals surface area contributed by atoms with E-state index < -0.39 is 0 Å². The van der Waals surface area contributed by atoms with Crippen molar-refractivity contribution in [3.63, 3.8) is 0 Å². The first kappa shape index (κ1) is 32.5. The third-order valence-corrected chi connectivity index (χ3v) is 12.6. The zero-order valence-corrected chi connectivity index (χ0v) is 31.8. The number of benzene rings is 9. The van der Waals surface area contributed by atoms with Crippen LogP contribution in [-0.4, -0.2) is 19.1 Å². The number of rotatable bonds is 4. The second-order valence-corrected chi connectivity index (χ2v) is 15.4. The molecule has 13 aromatic rings. The summed E-state index contributed by atoms with van der Waals surface area (Å²) < 4.78 is 4.39. The Bertz CT molecular complexity index is 3620. The van der Waals surface area contributed by atoms with Gasteiger partial charge in [0.1, 0.15) is 17.4 Å². The van der Waals surface area contributed by atoms with Gasteiger partial charge in [-0.05, 0) is 78.5 Å². The van der Waals surface area contributed by atoms with E-state index in [0.29, 0.717) is 28.2 Å². The highest BCUT2D eigenvalue weighted by molar-refractivity contribution is 6.35. The molecule has 0 radical (unpaired) electrons. The second-order valence-electron chi connectivity index (χ2n) is 15.4. The van der Waals surface area contributed by atoms with Gasteiger partial charge in [-0.2, -0.15) is 5.26 Å². The Morgan fingerprint density at radius 3 is 1.32 bits per heavy atom. The van der Waals surface area contributed by atoms with Gasteiger partial charge in [0, 0.05) is 45.1 Å². The SMILES string of the molecule is [C-]#[N+]c1c(-c2ccccc2)c(C#N)c(-n2c3cccc4c5ccccc5c5ccnc2c5c43)c(-c2ccccc2)c1-n1c2cccc3c4ccccc4c4ccnc1c4c32. The predicted molar refractivity (Wildman–Crippen MR) is 245 cm³/mol. The lowest BCUT2D eigenvalue weighted by Gasteiger charge is -2.25. The maximum absolute atomic E-state index is 11.7. The maximum Gasteiger partial charge on any atom is 0.220 e. The monoisotopic (exact) mass is 760 g/mol. The molecule has 0 N–H and O–H groups in total. The fourth-order valence-electron chi connectivity index (χ4n) is 10.3. The van der Waals surface area contributed by atoms with Crippen LogP contribution in [0.15, 0.2) is 170 Å². The molecule has 4 heterocycles. The minimum Gasteiger partial charge on any atom is -0.303 e. The minimum atomic E-state index is 0.375. The van der Waals surface area contributed by atoms with Crippen LogP contribution in [0.5, 0.6) is 0 Å². The summed E-state index contributed by atoms with van der Waals surface area (Å²) in [5.41, 5.74) is 8.43. The van der Waals surface area contributed by atoms with Gasteiger partial charge < -0.3 is 4.57 Å². The number of hydrogen-bond acceptors (Lipinski definition) is 3. The van der Waals surface area contributed by atoms with Crippen LogP contribution in [0, 0.1) is 17.9 Å². The summed E-state index contributed by atoms with van der Waals surface area (Å²) >= 11 is 0. The summed E-state index contributed by atoms with van der Waals surface area (Å²) in [7, 11) is 0. The van der Waals surface area contributed by atoms with Gasteiger partial charge in [0.2, 0.25) is 5.69 Å². The molecule has 0 saturated heterocycles. The standard InChI is InChI=1S/C54H28N6/c1-56-50-44(31-14-4-2-5-15-31)41(30-55)51(59-42-24-12-22-37-33-18-8-10-20-35(33)39-26-28-57-53(59)48(39)46(37)42)45(32-16-6-3-7-17-32)52(50)60-43-25-13-23-38-34-19-9-11-21-36(34)40-27-29-58-54(60)49(40)47(38)43/h2-29H. The van der Waals surface area contributed by atoms with E-state index in [9.17, 15) is 5.26 Å². The molecule has 4 aromatic heterocycles. The number of nitrogens with zero attached hydrogens (tertiary/aromatic N) is 6. The normalized spacial score (nSPS) is 12.0. The molecule has 0 unspecified atom stereocenters. The molecule has 0 aliphatic carbocycles. The Morgan fingerprint density at radius 1 is 0.433 bits per heavy atom. The van der Waals surface area contributed by atoms with E-state index in [-0.39, 0.29) is 0 Å². The Kier molecular flexibility index (Phi) is 6.48. The van der Waals surface area contributed by atoms with E-state index in [0.717, 1.165) is 104 Å². The quantitative estimate of drug-likeness (QED) is 0.133. The molecule has 0 atom stereocenters. The van der Waals surface area contributed by atoms with Crippen molar-refractivity contribution >= 4 is 92.6 Å². The molecule has 0 saturated carbocycles. The molecule has 9 aromatic carbocycles. The maximum atomic E-state index is 11.7. The van der Waals surface area contributed by atoms with Crippen molar-refractivity contribution in [2.24, 2.45) is 0 Å². The third kappa shape index (κ3) is 4.04. The molecule has 0 bridgehead atoms. The average Bonchev–Trinajstić information content (AvgIpc) is 3.84. The van der Waals surface area contributed by atoms with E-state index in [1.54, 1.807) is 0 Å². The molecule has 60 heavy (non-hydrogen) atoms. The lowest BCUT2D eigenvalue weighted by molar-refractivity contribution is 1.10. The summed E-state index contributed by atoms with van der Waals surface area (Å²) in [6, 6.07) is 56.9. The number of nitriles is 1. The van der Waals surface area contributed by atoms with Crippen molar-refractivity contribution < 1.29 is 0 Å². The molecule has 6 heteroatoms. The van der Waals surface area contributed by atoms with Crippen molar-refractivity contribution in [1.29, 1.82) is 5.26 Å². The highest BCUT2D eigenvalue weighted by Crippen LogP contribution is 2.54. The first-order valence-corrected chi connectivity index (χ1v) is 19.9. The van der Waals surface area contributed by atoms with Gasteiger partial charge in [-0.3, -0.25) is 4.57 Å². The zero-order chi connectivity index (χ0) is 39.6. The summed E-state index contributed by atoms with van der Waals surface area (Å²) in [5, 5.41) is 25.0. The van der Waals surface area contributed by atoms with Crippen LogP contribution < -0.4 is 0 Å². The summed E-state index contributed by atoms with van der Waals surface area (Å²) in [4.78, 5) is 14.8. The topological polar surface area (TPSA) is 63.8 Å². The third-order valence-electron chi connectivity index (χ3n) is 12.6. The van der Waals surface area contributed by atoms with Crippen LogP contribution in [0.25, 0.3) is 125 Å². The van der Waals surface area contributed by atoms with Crippen molar-refractivity contribution in [1.82, 2.24) is 19.1 Å². The number of hydrogen-bond donors (Lipinski definition) is 0. The number of fused-ring (bicyclic) bond motifs is 6. The van der Waals surface area contributed by atoms with Gasteiger partial charge in [-0.25, -0.2) is 14.8 Å². The fraction of sp³-hybridized carbons (Fsp3) is 0. The van der Waals surface area contributed by atoms with Crippen LogP contribution in [-0.2, 0) is 0 Å². The minimum absolute atomic E-state index is 0.375. The average molecular weight is 761 g/mol. The van der Waals surface area contributed by atoms with Crippen LogP contribution in [0.1, 0.15) is 5.56 Å². The van der Waals surface area contributed by atoms with Gasteiger partial charge in [0.15, 0.2) is 0 Å². The Balaban J connectivity index is 1.33. The summed E-state index contributed by atoms with van der Waals surface area (Å²) in [6.45, 7) is 9.14. The van der Waals surface area contributed by atoms with Crippen LogP contribution in [0.4, 0.5) is 5.69 Å². The molecule has 0 spiro atoms. The second kappa shape index (κ2) is 12.0. The molecule has 0 aliphatic rings. The van der Waals surface area contributed by atoms with Crippen molar-refractivity contribution in [2.75, 3.05) is 0 Å². The van der Waals surface area contributed by atoms with Crippen LogP contribution in [0.3, 0.4) is 0 Å². The zero-order valence-electron chi connectivity index (χ0n) is 31.8. The largest absolute Gasteiger partial charge is 0.303 e. The van der Waals surface area contributed by atoms with E-state index >= 15 is 0 Å². The van der Waals surface area contributed by atoms with Crippen LogP contribution in [0.2, 0.25) is 0 Å². The Hall–Kier alpha value is -8.58. The first-order valence-electron chi connectivity index (χ1n) is 19.9. The van der Waals surface area contributed by atoms with Gasteiger partial charge in [-0.15, -0.1) is 0 Å². The highest BCUT2D eigenvalue weighted by atomic mass is 15.1. The first-order chi connectivity index (χ1) is 29.8. The molecular formula is C54H28N6. The predicted octanol–water partition coefficient (Wildman–Crippen LogP) is 13.9. The van der Waals surface area contributed by atoms with Crippen LogP contribution >= 0.6 is 0 Å². The lowest BCUT2D eigenvalue weighted by Crippen LogP contribution is -2.09. The van der Waals surface area contributed by atoms with Crippen molar-refractivity contribution in [3.05, 3.63) is 187 Å². The molecule has 0 amide bonds.